The largest absolute Gasteiger partial charge is 0.507 e. The predicted molar refractivity (Wildman–Crippen MR) is 124 cm³/mol. The van der Waals surface area contributed by atoms with Crippen molar-refractivity contribution in [2.24, 2.45) is 0 Å². The third kappa shape index (κ3) is 4.79. The molecule has 0 bridgehead atoms. The number of carbonyl (C=O) groups excluding carboxylic acids is 1. The van der Waals surface area contributed by atoms with E-state index in [2.05, 4.69) is 15.3 Å². The number of aromatic nitrogens is 2. The number of nitrogens with one attached hydrogen (secondary N) is 1. The molecule has 1 amide bonds. The first-order chi connectivity index (χ1) is 17.9. The lowest BCUT2D eigenvalue weighted by molar-refractivity contribution is -0.141. The number of fused-ring (bicyclic) bond motifs is 1. The highest BCUT2D eigenvalue weighted by Gasteiger charge is 2.44. The summed E-state index contributed by atoms with van der Waals surface area (Å²) in [7, 11) is -4.16. The summed E-state index contributed by atoms with van der Waals surface area (Å²) in [6.45, 7) is 0.0241. The first-order valence-electron chi connectivity index (χ1n) is 11.1. The van der Waals surface area contributed by atoms with Crippen LogP contribution in [0.4, 0.5) is 17.6 Å². The van der Waals surface area contributed by atoms with E-state index in [1.54, 1.807) is 0 Å². The van der Waals surface area contributed by atoms with E-state index >= 15 is 0 Å². The molecular weight excluding hydrogens is 532 g/mol. The maximum atomic E-state index is 13.5. The zero-order valence-corrected chi connectivity index (χ0v) is 20.1. The van der Waals surface area contributed by atoms with Gasteiger partial charge >= 0.3 is 6.18 Å². The van der Waals surface area contributed by atoms with Crippen LogP contribution < -0.4 is 5.32 Å². The van der Waals surface area contributed by atoms with Gasteiger partial charge in [0.05, 0.1) is 18.1 Å². The standard InChI is InChI=1S/C24H18F4N4O5S/c25-15-2-4-20-14(8-15)9-22(37-20)38(35,36)32-6-5-18(32)23(34)31-10-13-1-3-19(33)16(7-13)17-11-30-21(12-29-17)24(26,27)28/h1-4,7-9,11-12,18,33H,5-6,10H2,(H,31,34)/t18-/m0/s1. The van der Waals surface area contributed by atoms with Gasteiger partial charge in [-0.3, -0.25) is 9.78 Å². The average Bonchev–Trinajstić information content (AvgIpc) is 3.26. The van der Waals surface area contributed by atoms with Crippen molar-refractivity contribution < 1.29 is 40.3 Å². The molecule has 1 fully saturated rings. The van der Waals surface area contributed by atoms with Crippen LogP contribution in [0.1, 0.15) is 17.7 Å². The number of hydrogen-bond acceptors (Lipinski definition) is 7. The molecule has 1 aliphatic rings. The summed E-state index contributed by atoms with van der Waals surface area (Å²) in [5, 5.41) is 12.6. The first kappa shape index (κ1) is 25.6. The quantitative estimate of drug-likeness (QED) is 0.350. The van der Waals surface area contributed by atoms with Gasteiger partial charge in [0.25, 0.3) is 10.0 Å². The van der Waals surface area contributed by atoms with Crippen LogP contribution >= 0.6 is 0 Å². The van der Waals surface area contributed by atoms with Gasteiger partial charge in [-0.05, 0) is 42.3 Å². The first-order valence-corrected chi connectivity index (χ1v) is 12.6. The van der Waals surface area contributed by atoms with Crippen molar-refractivity contribution in [3.05, 3.63) is 71.9 Å². The second-order valence-electron chi connectivity index (χ2n) is 8.52. The number of hydrogen-bond donors (Lipinski definition) is 2. The molecule has 38 heavy (non-hydrogen) atoms. The Balaban J connectivity index is 1.28. The number of benzene rings is 2. The molecular formula is C24H18F4N4O5S. The molecule has 0 aliphatic carbocycles. The smallest absolute Gasteiger partial charge is 0.434 e. The lowest BCUT2D eigenvalue weighted by atomic mass is 10.1. The zero-order valence-electron chi connectivity index (χ0n) is 19.2. The summed E-state index contributed by atoms with van der Waals surface area (Å²) in [5.74, 6) is -1.38. The van der Waals surface area contributed by atoms with Crippen LogP contribution in [0.25, 0.3) is 22.2 Å². The van der Waals surface area contributed by atoms with Crippen molar-refractivity contribution in [2.75, 3.05) is 6.54 Å². The van der Waals surface area contributed by atoms with Crippen molar-refractivity contribution in [3.8, 4) is 17.0 Å². The Morgan fingerprint density at radius 1 is 1.13 bits per heavy atom. The summed E-state index contributed by atoms with van der Waals surface area (Å²) in [5.41, 5.74) is -0.426. The number of amides is 1. The Hall–Kier alpha value is -4.04. The van der Waals surface area contributed by atoms with Crippen LogP contribution in [0.5, 0.6) is 5.75 Å². The summed E-state index contributed by atoms with van der Waals surface area (Å²) in [6, 6.07) is 7.99. The van der Waals surface area contributed by atoms with Gasteiger partial charge in [0.2, 0.25) is 11.0 Å². The van der Waals surface area contributed by atoms with Gasteiger partial charge in [-0.25, -0.2) is 17.8 Å². The van der Waals surface area contributed by atoms with Crippen LogP contribution in [0.3, 0.4) is 0 Å². The van der Waals surface area contributed by atoms with E-state index in [9.17, 15) is 35.9 Å². The van der Waals surface area contributed by atoms with Crippen molar-refractivity contribution >= 4 is 26.9 Å². The van der Waals surface area contributed by atoms with Gasteiger partial charge in [-0.15, -0.1) is 0 Å². The van der Waals surface area contributed by atoms with Gasteiger partial charge in [0, 0.05) is 30.1 Å². The molecule has 5 rings (SSSR count). The number of furan rings is 1. The lowest BCUT2D eigenvalue weighted by Crippen LogP contribution is -2.57. The lowest BCUT2D eigenvalue weighted by Gasteiger charge is -2.37. The van der Waals surface area contributed by atoms with E-state index in [-0.39, 0.29) is 47.5 Å². The van der Waals surface area contributed by atoms with E-state index in [1.807, 2.05) is 0 Å². The molecule has 9 nitrogen and oxygen atoms in total. The molecule has 198 valence electrons. The Bertz CT molecular complexity index is 1640. The monoisotopic (exact) mass is 550 g/mol. The number of sulfonamides is 1. The van der Waals surface area contributed by atoms with Crippen molar-refractivity contribution in [3.63, 3.8) is 0 Å². The molecule has 2 aromatic carbocycles. The molecule has 1 atom stereocenters. The van der Waals surface area contributed by atoms with Crippen molar-refractivity contribution in [1.29, 1.82) is 0 Å². The second-order valence-corrected chi connectivity index (χ2v) is 10.3. The minimum absolute atomic E-state index is 0.00865. The van der Waals surface area contributed by atoms with Crippen LogP contribution in [-0.2, 0) is 27.5 Å². The minimum atomic E-state index is -4.66. The number of alkyl halides is 3. The van der Waals surface area contributed by atoms with E-state index in [4.69, 9.17) is 4.42 Å². The molecule has 0 saturated carbocycles. The molecule has 0 radical (unpaired) electrons. The normalized spacial score (nSPS) is 16.4. The Labute approximate surface area is 212 Å². The van der Waals surface area contributed by atoms with Crippen LogP contribution in [-0.4, -0.2) is 46.3 Å². The Morgan fingerprint density at radius 2 is 1.92 bits per heavy atom. The van der Waals surface area contributed by atoms with Crippen LogP contribution in [0.2, 0.25) is 0 Å². The molecule has 3 heterocycles. The Kier molecular flexibility index (Phi) is 6.31. The molecule has 1 saturated heterocycles. The van der Waals surface area contributed by atoms with Gasteiger partial charge in [0.1, 0.15) is 23.2 Å². The van der Waals surface area contributed by atoms with Crippen molar-refractivity contribution in [2.45, 2.75) is 30.3 Å². The van der Waals surface area contributed by atoms with Gasteiger partial charge in [-0.2, -0.15) is 17.5 Å². The fraction of sp³-hybridized carbons (Fsp3) is 0.208. The predicted octanol–water partition coefficient (Wildman–Crippen LogP) is 3.83. The molecule has 14 heteroatoms. The number of nitrogens with zero attached hydrogens (tertiary/aromatic N) is 3. The maximum absolute atomic E-state index is 13.5. The van der Waals surface area contributed by atoms with E-state index in [0.717, 1.165) is 22.6 Å². The highest BCUT2D eigenvalue weighted by Crippen LogP contribution is 2.33. The number of rotatable bonds is 6. The topological polar surface area (TPSA) is 126 Å². The number of phenolic OH excluding ortho intramolecular Hbond substituents is 1. The number of halogens is 4. The van der Waals surface area contributed by atoms with Gasteiger partial charge in [-0.1, -0.05) is 6.07 Å². The zero-order chi connectivity index (χ0) is 27.2. The highest BCUT2D eigenvalue weighted by molar-refractivity contribution is 7.89. The Morgan fingerprint density at radius 3 is 2.58 bits per heavy atom. The van der Waals surface area contributed by atoms with Gasteiger partial charge < -0.3 is 14.8 Å². The van der Waals surface area contributed by atoms with Crippen LogP contribution in [0.15, 0.2) is 64.4 Å². The van der Waals surface area contributed by atoms with Crippen LogP contribution in [0, 0.1) is 5.82 Å². The van der Waals surface area contributed by atoms with E-state index in [1.165, 1.54) is 30.3 Å². The third-order valence-electron chi connectivity index (χ3n) is 6.04. The number of phenols is 1. The molecule has 1 aliphatic heterocycles. The molecule has 0 spiro atoms. The molecule has 2 N–H and O–H groups in total. The molecule has 4 aromatic rings. The maximum Gasteiger partial charge on any atom is 0.434 e. The van der Waals surface area contributed by atoms with E-state index < -0.39 is 44.8 Å². The molecule has 0 unspecified atom stereocenters. The van der Waals surface area contributed by atoms with Gasteiger partial charge in [0.15, 0.2) is 5.69 Å². The van der Waals surface area contributed by atoms with Crippen molar-refractivity contribution in [1.82, 2.24) is 19.6 Å². The highest BCUT2D eigenvalue weighted by atomic mass is 32.2. The summed E-state index contributed by atoms with van der Waals surface area (Å²) in [6.07, 6.45) is -2.97. The second kappa shape index (κ2) is 9.36. The third-order valence-corrected chi connectivity index (χ3v) is 7.80. The summed E-state index contributed by atoms with van der Waals surface area (Å²) >= 11 is 0. The SMILES string of the molecule is O=C(NCc1ccc(O)c(-c2cnc(C(F)(F)F)cn2)c1)[C@@H]1CCN1S(=O)(=O)c1cc2cc(F)ccc2o1. The summed E-state index contributed by atoms with van der Waals surface area (Å²) < 4.78 is 84.1. The fourth-order valence-corrected chi connectivity index (χ4v) is 5.55. The number of carbonyl (C=O) groups is 1. The molecule has 2 aromatic heterocycles. The number of aromatic hydroxyl groups is 1. The minimum Gasteiger partial charge on any atom is -0.507 e. The fourth-order valence-electron chi connectivity index (χ4n) is 3.96. The average molecular weight is 550 g/mol. The summed E-state index contributed by atoms with van der Waals surface area (Å²) in [4.78, 5) is 19.8. The van der Waals surface area contributed by atoms with E-state index in [0.29, 0.717) is 11.8 Å².